The van der Waals surface area contributed by atoms with Crippen molar-refractivity contribution >= 4 is 27.5 Å². The summed E-state index contributed by atoms with van der Waals surface area (Å²) in [5.41, 5.74) is 4.23. The minimum absolute atomic E-state index is 0.0510. The number of nitrogens with zero attached hydrogens (tertiary/aromatic N) is 2. The van der Waals surface area contributed by atoms with Crippen LogP contribution in [0.25, 0.3) is 15.9 Å². The van der Waals surface area contributed by atoms with Gasteiger partial charge in [0.1, 0.15) is 4.83 Å². The molecule has 2 aromatic carbocycles. The summed E-state index contributed by atoms with van der Waals surface area (Å²) < 4.78 is 1.92. The van der Waals surface area contributed by atoms with E-state index in [0.29, 0.717) is 11.4 Å². The number of benzene rings is 2. The van der Waals surface area contributed by atoms with Crippen LogP contribution < -0.4 is 5.32 Å². The molecular formula is C21H19N3OS. The summed E-state index contributed by atoms with van der Waals surface area (Å²) in [4.78, 5) is 14.3. The van der Waals surface area contributed by atoms with Gasteiger partial charge in [-0.2, -0.15) is 5.10 Å². The molecule has 2 heterocycles. The van der Waals surface area contributed by atoms with Gasteiger partial charge < -0.3 is 5.32 Å². The molecule has 0 atom stereocenters. The Bertz CT molecular complexity index is 1060. The lowest BCUT2D eigenvalue weighted by atomic mass is 10.2. The third kappa shape index (κ3) is 3.13. The normalized spacial score (nSPS) is 11.0. The maximum absolute atomic E-state index is 12.6. The number of hydrogen-bond donors (Lipinski definition) is 1. The number of carbonyl (C=O) groups is 1. The molecule has 0 bridgehead atoms. The fourth-order valence-electron chi connectivity index (χ4n) is 2.89. The highest BCUT2D eigenvalue weighted by molar-refractivity contribution is 7.20. The van der Waals surface area contributed by atoms with Gasteiger partial charge in [0.2, 0.25) is 0 Å². The standard InChI is InChI=1S/C21H19N3OS/c1-14-8-10-17(11-9-14)24-21-18(15(2)23-24)12-19(26-21)20(25)22-13-16-6-4-3-5-7-16/h3-12H,13H2,1-2H3,(H,22,25). The third-order valence-electron chi connectivity index (χ3n) is 4.34. The van der Waals surface area contributed by atoms with Gasteiger partial charge in [0, 0.05) is 11.9 Å². The molecule has 0 aliphatic heterocycles. The number of hydrogen-bond acceptors (Lipinski definition) is 3. The van der Waals surface area contributed by atoms with Crippen LogP contribution in [0.3, 0.4) is 0 Å². The number of aromatic nitrogens is 2. The van der Waals surface area contributed by atoms with Crippen molar-refractivity contribution in [2.45, 2.75) is 20.4 Å². The molecule has 1 amide bonds. The highest BCUT2D eigenvalue weighted by Crippen LogP contribution is 2.30. The van der Waals surface area contributed by atoms with Crippen LogP contribution in [0.1, 0.15) is 26.5 Å². The molecule has 4 aromatic rings. The van der Waals surface area contributed by atoms with Crippen molar-refractivity contribution in [3.8, 4) is 5.69 Å². The first-order valence-electron chi connectivity index (χ1n) is 8.50. The summed E-state index contributed by atoms with van der Waals surface area (Å²) in [6.45, 7) is 4.57. The average Bonchev–Trinajstić information content (AvgIpc) is 3.22. The second-order valence-corrected chi connectivity index (χ2v) is 7.36. The Labute approximate surface area is 156 Å². The molecule has 5 heteroatoms. The van der Waals surface area contributed by atoms with Gasteiger partial charge in [0.15, 0.2) is 0 Å². The molecule has 4 rings (SSSR count). The monoisotopic (exact) mass is 361 g/mol. The smallest absolute Gasteiger partial charge is 0.261 e. The number of fused-ring (bicyclic) bond motifs is 1. The first-order valence-corrected chi connectivity index (χ1v) is 9.32. The second-order valence-electron chi connectivity index (χ2n) is 6.33. The molecule has 4 nitrogen and oxygen atoms in total. The van der Waals surface area contributed by atoms with Gasteiger partial charge in [0.05, 0.1) is 16.3 Å². The largest absolute Gasteiger partial charge is 0.347 e. The van der Waals surface area contributed by atoms with E-state index in [-0.39, 0.29) is 5.91 Å². The minimum atomic E-state index is -0.0510. The molecule has 0 aliphatic carbocycles. The van der Waals surface area contributed by atoms with Gasteiger partial charge in [-0.05, 0) is 37.6 Å². The predicted molar refractivity (Wildman–Crippen MR) is 106 cm³/mol. The Hall–Kier alpha value is -2.92. The van der Waals surface area contributed by atoms with Crippen molar-refractivity contribution in [2.24, 2.45) is 0 Å². The van der Waals surface area contributed by atoms with Gasteiger partial charge in [0.25, 0.3) is 5.91 Å². The van der Waals surface area contributed by atoms with E-state index in [1.54, 1.807) is 0 Å². The first kappa shape index (κ1) is 16.5. The molecule has 0 spiro atoms. The first-order chi connectivity index (χ1) is 12.6. The minimum Gasteiger partial charge on any atom is -0.347 e. The molecule has 0 saturated carbocycles. The lowest BCUT2D eigenvalue weighted by Gasteiger charge is -2.04. The molecule has 1 N–H and O–H groups in total. The van der Waals surface area contributed by atoms with Crippen molar-refractivity contribution in [3.05, 3.63) is 82.4 Å². The number of thiophene rings is 1. The van der Waals surface area contributed by atoms with E-state index >= 15 is 0 Å². The van der Waals surface area contributed by atoms with Crippen molar-refractivity contribution in [1.29, 1.82) is 0 Å². The summed E-state index contributed by atoms with van der Waals surface area (Å²) >= 11 is 1.48. The van der Waals surface area contributed by atoms with E-state index in [1.165, 1.54) is 16.9 Å². The Morgan fingerprint density at radius 1 is 1.08 bits per heavy atom. The maximum atomic E-state index is 12.6. The van der Waals surface area contributed by atoms with E-state index in [9.17, 15) is 4.79 Å². The van der Waals surface area contributed by atoms with Crippen molar-refractivity contribution in [3.63, 3.8) is 0 Å². The third-order valence-corrected chi connectivity index (χ3v) is 5.45. The van der Waals surface area contributed by atoms with Gasteiger partial charge in [-0.15, -0.1) is 11.3 Å². The summed E-state index contributed by atoms with van der Waals surface area (Å²) in [6.07, 6.45) is 0. The maximum Gasteiger partial charge on any atom is 0.261 e. The SMILES string of the molecule is Cc1ccc(-n2nc(C)c3cc(C(=O)NCc4ccccc4)sc32)cc1. The molecule has 2 aromatic heterocycles. The van der Waals surface area contributed by atoms with Crippen LogP contribution in [0, 0.1) is 13.8 Å². The topological polar surface area (TPSA) is 46.9 Å². The van der Waals surface area contributed by atoms with E-state index < -0.39 is 0 Å². The Kier molecular flexibility index (Phi) is 4.31. The van der Waals surface area contributed by atoms with Crippen LogP contribution >= 0.6 is 11.3 Å². The van der Waals surface area contributed by atoms with Gasteiger partial charge in [-0.1, -0.05) is 48.0 Å². The van der Waals surface area contributed by atoms with E-state index in [2.05, 4.69) is 41.6 Å². The molecular weight excluding hydrogens is 342 g/mol. The van der Waals surface area contributed by atoms with E-state index in [1.807, 2.05) is 48.0 Å². The molecule has 0 fully saturated rings. The fourth-order valence-corrected chi connectivity index (χ4v) is 3.98. The number of rotatable bonds is 4. The van der Waals surface area contributed by atoms with Gasteiger partial charge >= 0.3 is 0 Å². The van der Waals surface area contributed by atoms with E-state index in [0.717, 1.165) is 27.2 Å². The molecule has 0 unspecified atom stereocenters. The number of carbonyl (C=O) groups excluding carboxylic acids is 1. The van der Waals surface area contributed by atoms with Crippen LogP contribution in [0.5, 0.6) is 0 Å². The van der Waals surface area contributed by atoms with Crippen LogP contribution in [-0.2, 0) is 6.54 Å². The summed E-state index contributed by atoms with van der Waals surface area (Å²) in [5, 5.41) is 8.66. The quantitative estimate of drug-likeness (QED) is 0.576. The predicted octanol–water partition coefficient (Wildman–Crippen LogP) is 4.63. The zero-order valence-electron chi connectivity index (χ0n) is 14.7. The number of nitrogens with one attached hydrogen (secondary N) is 1. The lowest BCUT2D eigenvalue weighted by molar-refractivity contribution is 0.0955. The van der Waals surface area contributed by atoms with Crippen molar-refractivity contribution < 1.29 is 4.79 Å². The Morgan fingerprint density at radius 2 is 1.81 bits per heavy atom. The summed E-state index contributed by atoms with van der Waals surface area (Å²) in [6, 6.07) is 20.1. The summed E-state index contributed by atoms with van der Waals surface area (Å²) in [7, 11) is 0. The van der Waals surface area contributed by atoms with Crippen LogP contribution in [0.4, 0.5) is 0 Å². The summed E-state index contributed by atoms with van der Waals surface area (Å²) in [5.74, 6) is -0.0510. The highest BCUT2D eigenvalue weighted by atomic mass is 32.1. The Balaban J connectivity index is 1.62. The zero-order valence-corrected chi connectivity index (χ0v) is 15.5. The highest BCUT2D eigenvalue weighted by Gasteiger charge is 2.17. The van der Waals surface area contributed by atoms with E-state index in [4.69, 9.17) is 0 Å². The molecule has 130 valence electrons. The van der Waals surface area contributed by atoms with Crippen LogP contribution in [0.15, 0.2) is 60.7 Å². The van der Waals surface area contributed by atoms with Gasteiger partial charge in [-0.3, -0.25) is 4.79 Å². The number of amides is 1. The molecule has 0 saturated heterocycles. The van der Waals surface area contributed by atoms with Crippen LogP contribution in [0.2, 0.25) is 0 Å². The van der Waals surface area contributed by atoms with Crippen molar-refractivity contribution in [2.75, 3.05) is 0 Å². The average molecular weight is 361 g/mol. The van der Waals surface area contributed by atoms with Crippen LogP contribution in [-0.4, -0.2) is 15.7 Å². The molecule has 0 radical (unpaired) electrons. The fraction of sp³-hybridized carbons (Fsp3) is 0.143. The Morgan fingerprint density at radius 3 is 2.54 bits per heavy atom. The second kappa shape index (κ2) is 6.77. The lowest BCUT2D eigenvalue weighted by Crippen LogP contribution is -2.21. The van der Waals surface area contributed by atoms with Crippen molar-refractivity contribution in [1.82, 2.24) is 15.1 Å². The number of aryl methyl sites for hydroxylation is 2. The molecule has 26 heavy (non-hydrogen) atoms. The zero-order chi connectivity index (χ0) is 18.1. The van der Waals surface area contributed by atoms with Gasteiger partial charge in [-0.25, -0.2) is 4.68 Å². The molecule has 0 aliphatic rings.